The van der Waals surface area contributed by atoms with Crippen molar-refractivity contribution < 1.29 is 14.6 Å². The Labute approximate surface area is 106 Å². The molecule has 0 aromatic heterocycles. The van der Waals surface area contributed by atoms with E-state index in [2.05, 4.69) is 5.32 Å². The van der Waals surface area contributed by atoms with Gasteiger partial charge in [0.2, 0.25) is 5.91 Å². The molecule has 96 valence electrons. The third kappa shape index (κ3) is 5.04. The number of aliphatic hydroxyl groups excluding tert-OH is 1. The molecule has 0 saturated heterocycles. The van der Waals surface area contributed by atoms with Gasteiger partial charge in [0.05, 0.1) is 19.8 Å². The second-order valence-electron chi connectivity index (χ2n) is 3.30. The molecule has 0 aliphatic heterocycles. The summed E-state index contributed by atoms with van der Waals surface area (Å²) in [6.45, 7) is 0.0635. The molecule has 1 unspecified atom stereocenters. The molecule has 6 heteroatoms. The van der Waals surface area contributed by atoms with E-state index in [9.17, 15) is 9.90 Å². The lowest BCUT2D eigenvalue weighted by Crippen LogP contribution is -2.33. The summed E-state index contributed by atoms with van der Waals surface area (Å²) in [5.41, 5.74) is 5.82. The van der Waals surface area contributed by atoms with Gasteiger partial charge in [-0.3, -0.25) is 4.79 Å². The molecule has 1 amide bonds. The zero-order chi connectivity index (χ0) is 12.0. The molecule has 17 heavy (non-hydrogen) atoms. The number of ether oxygens (including phenoxy) is 1. The molecule has 1 aromatic carbocycles. The smallest absolute Gasteiger partial charge is 0.233 e. The van der Waals surface area contributed by atoms with Crippen LogP contribution in [0.25, 0.3) is 0 Å². The first-order valence-electron chi connectivity index (χ1n) is 4.96. The van der Waals surface area contributed by atoms with Gasteiger partial charge in [0.25, 0.3) is 0 Å². The van der Waals surface area contributed by atoms with E-state index in [-0.39, 0.29) is 31.4 Å². The second kappa shape index (κ2) is 7.89. The number of nitrogens with one attached hydrogen (secondary N) is 1. The number of carbonyl (C=O) groups is 1. The lowest BCUT2D eigenvalue weighted by Gasteiger charge is -2.12. The van der Waals surface area contributed by atoms with Crippen LogP contribution in [0.5, 0.6) is 5.75 Å². The van der Waals surface area contributed by atoms with Gasteiger partial charge in [-0.25, -0.2) is 0 Å². The minimum Gasteiger partial charge on any atom is -0.497 e. The van der Waals surface area contributed by atoms with E-state index in [1.54, 1.807) is 31.4 Å². The third-order valence-corrected chi connectivity index (χ3v) is 2.16. The highest BCUT2D eigenvalue weighted by atomic mass is 35.5. The molecule has 0 radical (unpaired) electrons. The molecule has 4 N–H and O–H groups in total. The zero-order valence-electron chi connectivity index (χ0n) is 9.55. The van der Waals surface area contributed by atoms with Crippen molar-refractivity contribution in [2.24, 2.45) is 5.73 Å². The van der Waals surface area contributed by atoms with Crippen molar-refractivity contribution in [3.8, 4) is 5.75 Å². The summed E-state index contributed by atoms with van der Waals surface area (Å²) in [7, 11) is 1.56. The van der Waals surface area contributed by atoms with Crippen LogP contribution in [-0.4, -0.2) is 31.2 Å². The van der Waals surface area contributed by atoms with Gasteiger partial charge in [-0.1, -0.05) is 12.1 Å². The van der Waals surface area contributed by atoms with E-state index in [0.29, 0.717) is 11.3 Å². The van der Waals surface area contributed by atoms with Gasteiger partial charge in [-0.2, -0.15) is 0 Å². The monoisotopic (exact) mass is 260 g/mol. The first kappa shape index (κ1) is 15.7. The van der Waals surface area contributed by atoms with Crippen molar-refractivity contribution in [1.82, 2.24) is 5.32 Å². The fraction of sp³-hybridized carbons (Fsp3) is 0.364. The van der Waals surface area contributed by atoms with E-state index >= 15 is 0 Å². The predicted molar refractivity (Wildman–Crippen MR) is 67.3 cm³/mol. The van der Waals surface area contributed by atoms with Crippen LogP contribution in [0.2, 0.25) is 0 Å². The van der Waals surface area contributed by atoms with Gasteiger partial charge in [0.1, 0.15) is 5.75 Å². The highest BCUT2D eigenvalue weighted by Crippen LogP contribution is 2.18. The van der Waals surface area contributed by atoms with Crippen LogP contribution in [0.1, 0.15) is 11.7 Å². The van der Waals surface area contributed by atoms with Crippen LogP contribution in [0.15, 0.2) is 24.3 Å². The summed E-state index contributed by atoms with van der Waals surface area (Å²) in [5, 5.41) is 12.3. The normalized spacial score (nSPS) is 11.2. The van der Waals surface area contributed by atoms with Gasteiger partial charge < -0.3 is 20.9 Å². The molecule has 1 atom stereocenters. The summed E-state index contributed by atoms with van der Waals surface area (Å²) in [6.07, 6.45) is -0.759. The first-order valence-corrected chi connectivity index (χ1v) is 4.96. The fourth-order valence-corrected chi connectivity index (χ4v) is 1.25. The number of benzene rings is 1. The van der Waals surface area contributed by atoms with Crippen LogP contribution in [0.4, 0.5) is 0 Å². The zero-order valence-corrected chi connectivity index (χ0v) is 10.4. The standard InChI is InChI=1S/C11H16N2O3.ClH/c1-16-9-4-2-3-8(5-9)10(14)7-13-11(15)6-12;/h2-5,10,14H,6-7,12H2,1H3,(H,13,15);1H. The Morgan fingerprint density at radius 2 is 2.29 bits per heavy atom. The minimum absolute atomic E-state index is 0. The number of hydrogen-bond donors (Lipinski definition) is 3. The van der Waals surface area contributed by atoms with E-state index in [1.807, 2.05) is 0 Å². The van der Waals surface area contributed by atoms with E-state index in [1.165, 1.54) is 0 Å². The predicted octanol–water partition coefficient (Wildman–Crippen LogP) is 0.225. The number of aliphatic hydroxyl groups is 1. The Balaban J connectivity index is 0.00000256. The topological polar surface area (TPSA) is 84.6 Å². The number of nitrogens with two attached hydrogens (primary N) is 1. The molecule has 0 aliphatic rings. The van der Waals surface area contributed by atoms with Crippen LogP contribution in [0, 0.1) is 0 Å². The minimum atomic E-state index is -0.759. The maximum atomic E-state index is 10.9. The SMILES string of the molecule is COc1cccc(C(O)CNC(=O)CN)c1.Cl. The van der Waals surface area contributed by atoms with Crippen molar-refractivity contribution in [1.29, 1.82) is 0 Å². The molecule has 0 bridgehead atoms. The number of hydrogen-bond acceptors (Lipinski definition) is 4. The molecule has 1 aromatic rings. The Morgan fingerprint density at radius 1 is 1.59 bits per heavy atom. The average molecular weight is 261 g/mol. The molecule has 0 fully saturated rings. The summed E-state index contributed by atoms with van der Waals surface area (Å²) in [5.74, 6) is 0.378. The second-order valence-corrected chi connectivity index (χ2v) is 3.30. The molecule has 0 heterocycles. The summed E-state index contributed by atoms with van der Waals surface area (Å²) in [6, 6.07) is 7.05. The van der Waals surface area contributed by atoms with Crippen molar-refractivity contribution in [3.05, 3.63) is 29.8 Å². The molecule has 0 aliphatic carbocycles. The fourth-order valence-electron chi connectivity index (χ4n) is 1.25. The molecule has 5 nitrogen and oxygen atoms in total. The first-order chi connectivity index (χ1) is 7.67. The highest BCUT2D eigenvalue weighted by Gasteiger charge is 2.09. The Hall–Kier alpha value is -1.30. The van der Waals surface area contributed by atoms with E-state index < -0.39 is 6.10 Å². The molecular formula is C11H17ClN2O3. The summed E-state index contributed by atoms with van der Waals surface area (Å²) < 4.78 is 5.03. The lowest BCUT2D eigenvalue weighted by molar-refractivity contribution is -0.120. The van der Waals surface area contributed by atoms with Crippen LogP contribution in [0.3, 0.4) is 0 Å². The Kier molecular flexibility index (Phi) is 7.29. The van der Waals surface area contributed by atoms with Gasteiger partial charge in [0.15, 0.2) is 0 Å². The van der Waals surface area contributed by atoms with Gasteiger partial charge >= 0.3 is 0 Å². The maximum absolute atomic E-state index is 10.9. The molecule has 1 rings (SSSR count). The van der Waals surface area contributed by atoms with Crippen molar-refractivity contribution in [2.45, 2.75) is 6.10 Å². The third-order valence-electron chi connectivity index (χ3n) is 2.16. The van der Waals surface area contributed by atoms with Crippen molar-refractivity contribution >= 4 is 18.3 Å². The number of amides is 1. The number of halogens is 1. The van der Waals surface area contributed by atoms with Crippen LogP contribution in [-0.2, 0) is 4.79 Å². The van der Waals surface area contributed by atoms with Crippen LogP contribution >= 0.6 is 12.4 Å². The Morgan fingerprint density at radius 3 is 2.88 bits per heavy atom. The number of rotatable bonds is 5. The summed E-state index contributed by atoms with van der Waals surface area (Å²) in [4.78, 5) is 10.9. The molecule has 0 saturated carbocycles. The Bertz CT molecular complexity index is 360. The van der Waals surface area contributed by atoms with Gasteiger partial charge in [-0.05, 0) is 17.7 Å². The highest BCUT2D eigenvalue weighted by molar-refractivity contribution is 5.85. The average Bonchev–Trinajstić information content (AvgIpc) is 2.35. The summed E-state index contributed by atoms with van der Waals surface area (Å²) >= 11 is 0. The van der Waals surface area contributed by atoms with E-state index in [4.69, 9.17) is 10.5 Å². The number of methoxy groups -OCH3 is 1. The van der Waals surface area contributed by atoms with Crippen LogP contribution < -0.4 is 15.8 Å². The molecule has 0 spiro atoms. The number of carbonyl (C=O) groups excluding carboxylic acids is 1. The largest absolute Gasteiger partial charge is 0.497 e. The molecular weight excluding hydrogens is 244 g/mol. The maximum Gasteiger partial charge on any atom is 0.233 e. The van der Waals surface area contributed by atoms with Crippen molar-refractivity contribution in [3.63, 3.8) is 0 Å². The van der Waals surface area contributed by atoms with Crippen molar-refractivity contribution in [2.75, 3.05) is 20.2 Å². The van der Waals surface area contributed by atoms with E-state index in [0.717, 1.165) is 0 Å². The van der Waals surface area contributed by atoms with Gasteiger partial charge in [0, 0.05) is 6.54 Å². The lowest BCUT2D eigenvalue weighted by atomic mass is 10.1. The van der Waals surface area contributed by atoms with Gasteiger partial charge in [-0.15, -0.1) is 12.4 Å². The quantitative estimate of drug-likeness (QED) is 0.707.